The molecule has 3 aromatic rings. The smallest absolute Gasteiger partial charge is 0.304 e. The first kappa shape index (κ1) is 12.5. The van der Waals surface area contributed by atoms with E-state index in [2.05, 4.69) is 9.97 Å². The van der Waals surface area contributed by atoms with E-state index < -0.39 is 5.56 Å². The van der Waals surface area contributed by atoms with Gasteiger partial charge in [-0.1, -0.05) is 6.07 Å². The third kappa shape index (κ3) is 1.83. The van der Waals surface area contributed by atoms with Crippen LogP contribution in [0.1, 0.15) is 5.56 Å². The molecular weight excluding hydrogens is 290 g/mol. The number of aromatic amines is 1. The maximum absolute atomic E-state index is 11.9. The van der Waals surface area contributed by atoms with Gasteiger partial charge < -0.3 is 20.4 Å². The van der Waals surface area contributed by atoms with E-state index in [9.17, 15) is 10.0 Å². The van der Waals surface area contributed by atoms with Gasteiger partial charge in [0.1, 0.15) is 6.54 Å². The molecule has 0 saturated carbocycles. The van der Waals surface area contributed by atoms with Crippen molar-refractivity contribution in [3.8, 4) is 11.5 Å². The van der Waals surface area contributed by atoms with Crippen molar-refractivity contribution in [2.24, 2.45) is 0 Å². The second-order valence-corrected chi connectivity index (χ2v) is 4.88. The van der Waals surface area contributed by atoms with Crippen molar-refractivity contribution < 1.29 is 14.2 Å². The number of fused-ring (bicyclic) bond motifs is 2. The summed E-state index contributed by atoms with van der Waals surface area (Å²) >= 11 is 0. The first-order chi connectivity index (χ1) is 10.6. The summed E-state index contributed by atoms with van der Waals surface area (Å²) in [5.41, 5.74) is 6.01. The Balaban J connectivity index is 1.80. The summed E-state index contributed by atoms with van der Waals surface area (Å²) in [6.45, 7) is 0.539. The van der Waals surface area contributed by atoms with Gasteiger partial charge in [0.15, 0.2) is 11.5 Å². The maximum atomic E-state index is 11.9. The zero-order valence-corrected chi connectivity index (χ0v) is 11.3. The molecule has 1 aliphatic rings. The van der Waals surface area contributed by atoms with Crippen molar-refractivity contribution in [2.45, 2.75) is 6.54 Å². The van der Waals surface area contributed by atoms with E-state index in [1.807, 2.05) is 12.1 Å². The molecule has 0 amide bonds. The number of nitrogens with zero attached hydrogens (tertiary/aromatic N) is 3. The molecule has 0 atom stereocenters. The molecular formula is C13H11N5O4. The van der Waals surface area contributed by atoms with Crippen LogP contribution in [0, 0.1) is 5.21 Å². The summed E-state index contributed by atoms with van der Waals surface area (Å²) in [5, 5.41) is 11.9. The van der Waals surface area contributed by atoms with Gasteiger partial charge in [0.05, 0.1) is 0 Å². The molecule has 0 unspecified atom stereocenters. The van der Waals surface area contributed by atoms with Crippen LogP contribution in [-0.4, -0.2) is 21.3 Å². The Labute approximate surface area is 123 Å². The average molecular weight is 301 g/mol. The zero-order valence-electron chi connectivity index (χ0n) is 11.3. The number of rotatable bonds is 2. The highest BCUT2D eigenvalue weighted by Gasteiger charge is 2.20. The summed E-state index contributed by atoms with van der Waals surface area (Å²) in [4.78, 5) is 18.1. The molecule has 3 N–H and O–H groups in total. The van der Waals surface area contributed by atoms with Crippen molar-refractivity contribution >= 4 is 17.1 Å². The zero-order chi connectivity index (χ0) is 15.3. The number of ether oxygens (including phenoxy) is 2. The Morgan fingerprint density at radius 1 is 1.41 bits per heavy atom. The van der Waals surface area contributed by atoms with Crippen LogP contribution in [0.5, 0.6) is 11.5 Å². The van der Waals surface area contributed by atoms with Gasteiger partial charge in [-0.05, 0) is 17.7 Å². The minimum atomic E-state index is -0.568. The molecule has 0 bridgehead atoms. The predicted molar refractivity (Wildman–Crippen MR) is 75.4 cm³/mol. The maximum Gasteiger partial charge on any atom is 0.304 e. The molecule has 9 heteroatoms. The number of benzene rings is 1. The first-order valence-corrected chi connectivity index (χ1v) is 6.48. The van der Waals surface area contributed by atoms with Crippen LogP contribution in [0.2, 0.25) is 0 Å². The van der Waals surface area contributed by atoms with Gasteiger partial charge in [0.2, 0.25) is 19.1 Å². The topological polar surface area (TPSA) is 122 Å². The second kappa shape index (κ2) is 4.38. The van der Waals surface area contributed by atoms with E-state index in [4.69, 9.17) is 15.2 Å². The molecule has 112 valence electrons. The Bertz CT molecular complexity index is 945. The predicted octanol–water partition coefficient (Wildman–Crippen LogP) is -0.283. The number of aromatic nitrogens is 4. The molecule has 0 aliphatic carbocycles. The van der Waals surface area contributed by atoms with Crippen LogP contribution in [0.15, 0.2) is 29.3 Å². The quantitative estimate of drug-likeness (QED) is 0.495. The minimum Gasteiger partial charge on any atom is -0.710 e. The summed E-state index contributed by atoms with van der Waals surface area (Å²) in [5.74, 6) is 1.29. The molecule has 1 aliphatic heterocycles. The molecule has 0 radical (unpaired) electrons. The fourth-order valence-corrected chi connectivity index (χ4v) is 2.46. The third-order valence-electron chi connectivity index (χ3n) is 3.42. The Kier molecular flexibility index (Phi) is 2.49. The largest absolute Gasteiger partial charge is 0.710 e. The monoisotopic (exact) mass is 301 g/mol. The van der Waals surface area contributed by atoms with Gasteiger partial charge in [-0.15, -0.1) is 0 Å². The Hall–Kier alpha value is -3.23. The van der Waals surface area contributed by atoms with E-state index in [0.717, 1.165) is 5.56 Å². The van der Waals surface area contributed by atoms with Crippen molar-refractivity contribution in [2.75, 3.05) is 12.5 Å². The molecule has 0 saturated heterocycles. The normalized spacial score (nSPS) is 12.9. The van der Waals surface area contributed by atoms with Gasteiger partial charge >= 0.3 is 5.56 Å². The van der Waals surface area contributed by atoms with Crippen LogP contribution in [0.3, 0.4) is 0 Å². The van der Waals surface area contributed by atoms with Gasteiger partial charge in [-0.25, -0.2) is 9.30 Å². The van der Waals surface area contributed by atoms with E-state index in [1.54, 1.807) is 10.6 Å². The number of nitrogens with one attached hydrogen (secondary N) is 1. The molecule has 0 spiro atoms. The van der Waals surface area contributed by atoms with Crippen LogP contribution >= 0.6 is 0 Å². The summed E-state index contributed by atoms with van der Waals surface area (Å²) in [7, 11) is 0. The van der Waals surface area contributed by atoms with Gasteiger partial charge in [-0.3, -0.25) is 9.78 Å². The SMILES string of the molecule is Nc1nc2c(c(=O)[nH]1)[n+]([O-])cn2Cc1ccc2c(c1)OCO2. The molecule has 2 aromatic heterocycles. The standard InChI is InChI=1S/C13H11N5O4/c14-13-15-11-10(12(19)16-13)18(20)5-17(11)4-7-1-2-8-9(3-7)22-6-21-8/h1-3,5H,4,6H2,(H3,14,15,16,19). The van der Waals surface area contributed by atoms with E-state index in [0.29, 0.717) is 22.8 Å². The molecule has 0 fully saturated rings. The van der Waals surface area contributed by atoms with Crippen LogP contribution < -0.4 is 25.5 Å². The first-order valence-electron chi connectivity index (χ1n) is 6.48. The number of hydrogen-bond acceptors (Lipinski definition) is 6. The highest BCUT2D eigenvalue weighted by molar-refractivity contribution is 5.67. The van der Waals surface area contributed by atoms with Gasteiger partial charge in [-0.2, -0.15) is 4.98 Å². The third-order valence-corrected chi connectivity index (χ3v) is 3.42. The van der Waals surface area contributed by atoms with E-state index in [-0.39, 0.29) is 23.9 Å². The number of H-pyrrole nitrogens is 1. The molecule has 9 nitrogen and oxygen atoms in total. The van der Waals surface area contributed by atoms with Crippen molar-refractivity contribution in [3.63, 3.8) is 0 Å². The van der Waals surface area contributed by atoms with Crippen molar-refractivity contribution in [1.82, 2.24) is 14.5 Å². The fraction of sp³-hybridized carbons (Fsp3) is 0.154. The lowest BCUT2D eigenvalue weighted by Crippen LogP contribution is -2.29. The number of imidazole rings is 1. The molecule has 3 heterocycles. The lowest BCUT2D eigenvalue weighted by Gasteiger charge is -2.01. The Morgan fingerprint density at radius 2 is 2.23 bits per heavy atom. The highest BCUT2D eigenvalue weighted by Crippen LogP contribution is 2.32. The van der Waals surface area contributed by atoms with Crippen LogP contribution in [-0.2, 0) is 6.54 Å². The molecule has 4 rings (SSSR count). The summed E-state index contributed by atoms with van der Waals surface area (Å²) in [6.07, 6.45) is 1.26. The van der Waals surface area contributed by atoms with Crippen molar-refractivity contribution in [3.05, 3.63) is 45.7 Å². The number of nitrogen functional groups attached to an aromatic ring is 1. The number of nitrogens with two attached hydrogens (primary N) is 1. The van der Waals surface area contributed by atoms with Gasteiger partial charge in [0.25, 0.3) is 11.2 Å². The number of anilines is 1. The van der Waals surface area contributed by atoms with E-state index >= 15 is 0 Å². The second-order valence-electron chi connectivity index (χ2n) is 4.88. The molecule has 1 aromatic carbocycles. The van der Waals surface area contributed by atoms with Gasteiger partial charge in [0, 0.05) is 0 Å². The Morgan fingerprint density at radius 3 is 3.09 bits per heavy atom. The lowest BCUT2D eigenvalue weighted by atomic mass is 10.2. The van der Waals surface area contributed by atoms with Crippen molar-refractivity contribution in [1.29, 1.82) is 0 Å². The van der Waals surface area contributed by atoms with E-state index in [1.165, 1.54) is 6.33 Å². The lowest BCUT2D eigenvalue weighted by molar-refractivity contribution is -0.578. The van der Waals surface area contributed by atoms with Crippen LogP contribution in [0.25, 0.3) is 11.2 Å². The fourth-order valence-electron chi connectivity index (χ4n) is 2.46. The summed E-state index contributed by atoms with van der Waals surface area (Å²) < 4.78 is 12.6. The minimum absolute atomic E-state index is 0.0388. The average Bonchev–Trinajstić information content (AvgIpc) is 3.03. The highest BCUT2D eigenvalue weighted by atomic mass is 16.7. The van der Waals surface area contributed by atoms with Crippen LogP contribution in [0.4, 0.5) is 5.95 Å². The molecule has 22 heavy (non-hydrogen) atoms. The number of hydrogen-bond donors (Lipinski definition) is 2. The summed E-state index contributed by atoms with van der Waals surface area (Å²) in [6, 6.07) is 5.47.